The van der Waals surface area contributed by atoms with Crippen LogP contribution in [-0.4, -0.2) is 53.6 Å². The van der Waals surface area contributed by atoms with Gasteiger partial charge in [0.25, 0.3) is 5.91 Å². The van der Waals surface area contributed by atoms with E-state index in [2.05, 4.69) is 0 Å². The smallest absolute Gasteiger partial charge is 0.410 e. The number of ether oxygens (including phenoxy) is 1. The molecule has 2 aliphatic rings. The summed E-state index contributed by atoms with van der Waals surface area (Å²) in [6.07, 6.45) is 0.0160. The van der Waals surface area contributed by atoms with Crippen molar-refractivity contribution in [2.75, 3.05) is 19.6 Å². The Bertz CT molecular complexity index is 778. The van der Waals surface area contributed by atoms with Gasteiger partial charge < -0.3 is 9.64 Å². The predicted molar refractivity (Wildman–Crippen MR) is 91.1 cm³/mol. The van der Waals surface area contributed by atoms with E-state index in [0.29, 0.717) is 30.9 Å². The highest BCUT2D eigenvalue weighted by Crippen LogP contribution is 2.28. The fourth-order valence-corrected chi connectivity index (χ4v) is 4.07. The average Bonchev–Trinajstić information content (AvgIpc) is 3.31. The van der Waals surface area contributed by atoms with Crippen LogP contribution in [0.15, 0.2) is 41.8 Å². The lowest BCUT2D eigenvalue weighted by molar-refractivity contribution is 0.0733. The number of halogens is 1. The van der Waals surface area contributed by atoms with E-state index in [4.69, 9.17) is 4.74 Å². The van der Waals surface area contributed by atoms with Gasteiger partial charge >= 0.3 is 6.09 Å². The largest absolute Gasteiger partial charge is 0.442 e. The van der Waals surface area contributed by atoms with Crippen LogP contribution in [0.3, 0.4) is 0 Å². The minimum Gasteiger partial charge on any atom is -0.442 e. The SMILES string of the molecule is O=C(c1cccs1)N1C[C@H]2OC(=O)N(CCc3ccc(F)cc3)[C@H]2C1. The number of rotatable bonds is 4. The Hall–Kier alpha value is -2.41. The molecule has 2 saturated heterocycles. The maximum absolute atomic E-state index is 13.0. The highest BCUT2D eigenvalue weighted by atomic mass is 32.1. The molecule has 0 unspecified atom stereocenters. The second-order valence-corrected chi connectivity index (χ2v) is 7.19. The molecule has 1 aromatic heterocycles. The molecule has 2 atom stereocenters. The van der Waals surface area contributed by atoms with Crippen LogP contribution < -0.4 is 0 Å². The molecule has 130 valence electrons. The van der Waals surface area contributed by atoms with Gasteiger partial charge in [-0.3, -0.25) is 9.69 Å². The molecule has 0 bridgehead atoms. The van der Waals surface area contributed by atoms with E-state index in [0.717, 1.165) is 5.56 Å². The van der Waals surface area contributed by atoms with Crippen molar-refractivity contribution < 1.29 is 18.7 Å². The van der Waals surface area contributed by atoms with Gasteiger partial charge in [-0.15, -0.1) is 11.3 Å². The molecule has 7 heteroatoms. The first-order valence-corrected chi connectivity index (χ1v) is 9.04. The van der Waals surface area contributed by atoms with Gasteiger partial charge in [0.15, 0.2) is 0 Å². The number of carbonyl (C=O) groups is 2. The first-order valence-electron chi connectivity index (χ1n) is 8.16. The zero-order chi connectivity index (χ0) is 17.4. The number of thiophene rings is 1. The number of fused-ring (bicyclic) bond motifs is 1. The van der Waals surface area contributed by atoms with Crippen LogP contribution >= 0.6 is 11.3 Å². The monoisotopic (exact) mass is 360 g/mol. The van der Waals surface area contributed by atoms with Crippen LogP contribution in [0.25, 0.3) is 0 Å². The van der Waals surface area contributed by atoms with Crippen LogP contribution in [-0.2, 0) is 11.2 Å². The van der Waals surface area contributed by atoms with Gasteiger partial charge in [0.05, 0.1) is 17.5 Å². The standard InChI is InChI=1S/C18H17FN2O3S/c19-13-5-3-12(4-6-13)7-8-21-14-10-20(11-15(14)24-18(21)23)17(22)16-2-1-9-25-16/h1-6,9,14-15H,7-8,10-11H2/t14-,15+/m0/s1. The number of amides is 2. The van der Waals surface area contributed by atoms with Gasteiger partial charge in [-0.1, -0.05) is 18.2 Å². The van der Waals surface area contributed by atoms with Gasteiger partial charge in [-0.05, 0) is 35.6 Å². The second kappa shape index (κ2) is 6.48. The molecule has 2 amide bonds. The van der Waals surface area contributed by atoms with Crippen molar-refractivity contribution in [1.82, 2.24) is 9.80 Å². The number of benzene rings is 1. The average molecular weight is 360 g/mol. The molecule has 2 fully saturated rings. The summed E-state index contributed by atoms with van der Waals surface area (Å²) in [4.78, 5) is 28.7. The number of hydrogen-bond acceptors (Lipinski definition) is 4. The van der Waals surface area contributed by atoms with E-state index in [-0.39, 0.29) is 30.0 Å². The van der Waals surface area contributed by atoms with Crippen molar-refractivity contribution in [2.24, 2.45) is 0 Å². The fourth-order valence-electron chi connectivity index (χ4n) is 3.38. The van der Waals surface area contributed by atoms with E-state index in [1.807, 2.05) is 11.4 Å². The predicted octanol–water partition coefficient (Wildman–Crippen LogP) is 2.78. The van der Waals surface area contributed by atoms with E-state index in [9.17, 15) is 14.0 Å². The number of likely N-dealkylation sites (tertiary alicyclic amines) is 1. The third-order valence-electron chi connectivity index (χ3n) is 4.70. The molecule has 0 aliphatic carbocycles. The highest BCUT2D eigenvalue weighted by Gasteiger charge is 2.48. The lowest BCUT2D eigenvalue weighted by atomic mass is 10.1. The molecule has 3 heterocycles. The quantitative estimate of drug-likeness (QED) is 0.842. The summed E-state index contributed by atoms with van der Waals surface area (Å²) in [5.41, 5.74) is 0.960. The third-order valence-corrected chi connectivity index (χ3v) is 5.56. The molecule has 0 radical (unpaired) electrons. The van der Waals surface area contributed by atoms with E-state index in [1.165, 1.54) is 23.5 Å². The van der Waals surface area contributed by atoms with Crippen LogP contribution in [0.5, 0.6) is 0 Å². The molecule has 0 N–H and O–H groups in total. The van der Waals surface area contributed by atoms with Crippen molar-refractivity contribution in [3.05, 3.63) is 58.0 Å². The van der Waals surface area contributed by atoms with Crippen molar-refractivity contribution in [3.8, 4) is 0 Å². The fraction of sp³-hybridized carbons (Fsp3) is 0.333. The number of hydrogen-bond donors (Lipinski definition) is 0. The van der Waals surface area contributed by atoms with Crippen molar-refractivity contribution in [1.29, 1.82) is 0 Å². The summed E-state index contributed by atoms with van der Waals surface area (Å²) in [5.74, 6) is -0.290. The lowest BCUT2D eigenvalue weighted by Gasteiger charge is -2.22. The summed E-state index contributed by atoms with van der Waals surface area (Å²) >= 11 is 1.41. The highest BCUT2D eigenvalue weighted by molar-refractivity contribution is 7.12. The molecule has 1 aromatic carbocycles. The summed E-state index contributed by atoms with van der Waals surface area (Å²) < 4.78 is 18.4. The topological polar surface area (TPSA) is 49.9 Å². The van der Waals surface area contributed by atoms with Crippen LogP contribution in [0.4, 0.5) is 9.18 Å². The summed E-state index contributed by atoms with van der Waals surface area (Å²) in [6.45, 7) is 1.41. The molecular weight excluding hydrogens is 343 g/mol. The Kier molecular flexibility index (Phi) is 4.17. The number of carbonyl (C=O) groups excluding carboxylic acids is 2. The minimum absolute atomic E-state index is 0.0149. The maximum Gasteiger partial charge on any atom is 0.410 e. The Morgan fingerprint density at radius 1 is 1.24 bits per heavy atom. The zero-order valence-electron chi connectivity index (χ0n) is 13.4. The lowest BCUT2D eigenvalue weighted by Crippen LogP contribution is -2.40. The number of nitrogens with zero attached hydrogens (tertiary/aromatic N) is 2. The molecular formula is C18H17FN2O3S. The minimum atomic E-state index is -0.333. The summed E-state index contributed by atoms with van der Waals surface area (Å²) in [7, 11) is 0. The van der Waals surface area contributed by atoms with Gasteiger partial charge in [-0.2, -0.15) is 0 Å². The molecule has 2 aromatic rings. The Balaban J connectivity index is 1.41. The molecule has 4 rings (SSSR count). The molecule has 2 aliphatic heterocycles. The van der Waals surface area contributed by atoms with Crippen LogP contribution in [0.1, 0.15) is 15.2 Å². The Morgan fingerprint density at radius 3 is 2.76 bits per heavy atom. The zero-order valence-corrected chi connectivity index (χ0v) is 14.2. The van der Waals surface area contributed by atoms with Crippen molar-refractivity contribution in [2.45, 2.75) is 18.6 Å². The van der Waals surface area contributed by atoms with Gasteiger partial charge in [-0.25, -0.2) is 9.18 Å². The maximum atomic E-state index is 13.0. The van der Waals surface area contributed by atoms with E-state index >= 15 is 0 Å². The van der Waals surface area contributed by atoms with Crippen molar-refractivity contribution in [3.63, 3.8) is 0 Å². The van der Waals surface area contributed by atoms with E-state index in [1.54, 1.807) is 28.0 Å². The normalized spacial score (nSPS) is 22.2. The van der Waals surface area contributed by atoms with Gasteiger partial charge in [0.1, 0.15) is 11.9 Å². The first-order chi connectivity index (χ1) is 12.1. The summed E-state index contributed by atoms with van der Waals surface area (Å²) in [5, 5.41) is 1.87. The van der Waals surface area contributed by atoms with Crippen LogP contribution in [0, 0.1) is 5.82 Å². The first kappa shape index (κ1) is 16.1. The Morgan fingerprint density at radius 2 is 2.04 bits per heavy atom. The Labute approximate surface area is 148 Å². The van der Waals surface area contributed by atoms with Crippen molar-refractivity contribution >= 4 is 23.3 Å². The third kappa shape index (κ3) is 3.11. The second-order valence-electron chi connectivity index (χ2n) is 6.25. The molecule has 5 nitrogen and oxygen atoms in total. The molecule has 0 saturated carbocycles. The molecule has 25 heavy (non-hydrogen) atoms. The van der Waals surface area contributed by atoms with Gasteiger partial charge in [0, 0.05) is 13.1 Å². The van der Waals surface area contributed by atoms with Crippen LogP contribution in [0.2, 0.25) is 0 Å². The van der Waals surface area contributed by atoms with Gasteiger partial charge in [0.2, 0.25) is 0 Å². The summed E-state index contributed by atoms with van der Waals surface area (Å²) in [6, 6.07) is 9.81. The van der Waals surface area contributed by atoms with E-state index < -0.39 is 0 Å². The molecule has 0 spiro atoms.